The van der Waals surface area contributed by atoms with Crippen LogP contribution >= 0.6 is 11.6 Å². The van der Waals surface area contributed by atoms with Gasteiger partial charge >= 0.3 is 0 Å². The molecule has 0 aliphatic carbocycles. The fourth-order valence-corrected chi connectivity index (χ4v) is 2.20. The number of rotatable bonds is 2. The minimum absolute atomic E-state index is 0.423. The van der Waals surface area contributed by atoms with E-state index in [0.717, 1.165) is 22.7 Å². The summed E-state index contributed by atoms with van der Waals surface area (Å²) in [7, 11) is 0. The van der Waals surface area contributed by atoms with Crippen molar-refractivity contribution in [2.24, 2.45) is 5.73 Å². The lowest BCUT2D eigenvalue weighted by molar-refractivity contribution is 0.946. The number of hydrogen-bond acceptors (Lipinski definition) is 3. The number of nitrogens with zero attached hydrogens (tertiary/aromatic N) is 3. The van der Waals surface area contributed by atoms with Gasteiger partial charge in [0.05, 0.1) is 5.02 Å². The van der Waals surface area contributed by atoms with E-state index in [1.165, 1.54) is 0 Å². The molecule has 0 saturated carbocycles. The van der Waals surface area contributed by atoms with Gasteiger partial charge in [-0.25, -0.2) is 0 Å². The van der Waals surface area contributed by atoms with Gasteiger partial charge < -0.3 is 5.73 Å². The Morgan fingerprint density at radius 1 is 1.06 bits per heavy atom. The summed E-state index contributed by atoms with van der Waals surface area (Å²) in [6.07, 6.45) is 0. The molecule has 4 nitrogen and oxygen atoms in total. The lowest BCUT2D eigenvalue weighted by atomic mass is 10.2. The summed E-state index contributed by atoms with van der Waals surface area (Å²) in [6.45, 7) is 0.423. The third-order valence-corrected chi connectivity index (χ3v) is 3.16. The van der Waals surface area contributed by atoms with Gasteiger partial charge in [-0.05, 0) is 24.3 Å². The van der Waals surface area contributed by atoms with Gasteiger partial charge in [-0.1, -0.05) is 29.8 Å². The molecule has 0 bridgehead atoms. The summed E-state index contributed by atoms with van der Waals surface area (Å²) < 4.78 is 1.93. The fraction of sp³-hybridized carbons (Fsp3) is 0.0769. The number of nitrogens with two attached hydrogens (primary N) is 1. The van der Waals surface area contributed by atoms with Crippen LogP contribution in [-0.2, 0) is 6.54 Å². The summed E-state index contributed by atoms with van der Waals surface area (Å²) in [5.41, 5.74) is 8.33. The molecular formula is C13H11ClN4. The van der Waals surface area contributed by atoms with Gasteiger partial charge in [0.2, 0.25) is 0 Å². The number of fused-ring (bicyclic) bond motifs is 1. The summed E-state index contributed by atoms with van der Waals surface area (Å²) >= 11 is 6.20. The van der Waals surface area contributed by atoms with E-state index in [1.54, 1.807) is 0 Å². The Balaban J connectivity index is 2.34. The zero-order valence-corrected chi connectivity index (χ0v) is 10.3. The van der Waals surface area contributed by atoms with Crippen LogP contribution in [0.25, 0.3) is 17.0 Å². The zero-order valence-electron chi connectivity index (χ0n) is 9.55. The summed E-state index contributed by atoms with van der Waals surface area (Å²) in [4.78, 5) is 0. The molecule has 5 heteroatoms. The molecule has 0 spiro atoms. The van der Waals surface area contributed by atoms with E-state index >= 15 is 0 Å². The summed E-state index contributed by atoms with van der Waals surface area (Å²) in [5, 5.41) is 9.00. The smallest absolute Gasteiger partial charge is 0.170 e. The van der Waals surface area contributed by atoms with Crippen LogP contribution in [0.15, 0.2) is 42.5 Å². The lowest BCUT2D eigenvalue weighted by Gasteiger charge is -2.06. The zero-order chi connectivity index (χ0) is 12.5. The molecule has 0 fully saturated rings. The Morgan fingerprint density at radius 3 is 2.67 bits per heavy atom. The first-order chi connectivity index (χ1) is 8.81. The highest BCUT2D eigenvalue weighted by Gasteiger charge is 2.12. The van der Waals surface area contributed by atoms with Crippen molar-refractivity contribution in [3.8, 4) is 11.4 Å². The number of hydrogen-bond donors (Lipinski definition) is 1. The van der Waals surface area contributed by atoms with E-state index in [2.05, 4.69) is 10.2 Å². The molecule has 0 saturated heterocycles. The van der Waals surface area contributed by atoms with Crippen LogP contribution < -0.4 is 5.73 Å². The SMILES string of the molecule is NCc1cccc2nnc(-c3ccccc3Cl)n12. The second-order valence-electron chi connectivity index (χ2n) is 3.92. The van der Waals surface area contributed by atoms with Crippen molar-refractivity contribution in [3.05, 3.63) is 53.2 Å². The molecule has 1 aromatic carbocycles. The van der Waals surface area contributed by atoms with Crippen LogP contribution in [0.5, 0.6) is 0 Å². The van der Waals surface area contributed by atoms with Gasteiger partial charge in [0, 0.05) is 17.8 Å². The fourth-order valence-electron chi connectivity index (χ4n) is 1.98. The molecule has 0 unspecified atom stereocenters. The summed E-state index contributed by atoms with van der Waals surface area (Å²) in [6, 6.07) is 13.3. The van der Waals surface area contributed by atoms with Gasteiger partial charge in [-0.15, -0.1) is 10.2 Å². The quantitative estimate of drug-likeness (QED) is 0.768. The first-order valence-corrected chi connectivity index (χ1v) is 5.97. The van der Waals surface area contributed by atoms with Crippen molar-refractivity contribution < 1.29 is 0 Å². The van der Waals surface area contributed by atoms with Crippen LogP contribution in [0, 0.1) is 0 Å². The predicted molar refractivity (Wildman–Crippen MR) is 71.3 cm³/mol. The summed E-state index contributed by atoms with van der Waals surface area (Å²) in [5.74, 6) is 0.719. The van der Waals surface area contributed by atoms with Gasteiger partial charge in [0.1, 0.15) is 0 Å². The molecule has 18 heavy (non-hydrogen) atoms. The second kappa shape index (κ2) is 4.40. The second-order valence-corrected chi connectivity index (χ2v) is 4.33. The molecule has 2 heterocycles. The highest BCUT2D eigenvalue weighted by Crippen LogP contribution is 2.27. The molecule has 0 amide bonds. The molecule has 0 atom stereocenters. The number of benzene rings is 1. The Kier molecular flexibility index (Phi) is 2.74. The minimum Gasteiger partial charge on any atom is -0.325 e. The Morgan fingerprint density at radius 2 is 1.89 bits per heavy atom. The molecular weight excluding hydrogens is 248 g/mol. The van der Waals surface area contributed by atoms with Crippen LogP contribution in [0.1, 0.15) is 5.69 Å². The van der Waals surface area contributed by atoms with Gasteiger partial charge in [-0.2, -0.15) is 0 Å². The van der Waals surface area contributed by atoms with E-state index < -0.39 is 0 Å². The third-order valence-electron chi connectivity index (χ3n) is 2.83. The predicted octanol–water partition coefficient (Wildman–Crippen LogP) is 2.51. The van der Waals surface area contributed by atoms with Gasteiger partial charge in [-0.3, -0.25) is 4.40 Å². The maximum Gasteiger partial charge on any atom is 0.170 e. The van der Waals surface area contributed by atoms with E-state index in [-0.39, 0.29) is 0 Å². The van der Waals surface area contributed by atoms with Crippen molar-refractivity contribution >= 4 is 17.2 Å². The Hall–Kier alpha value is -1.91. The van der Waals surface area contributed by atoms with Crippen molar-refractivity contribution in [2.75, 3.05) is 0 Å². The van der Waals surface area contributed by atoms with E-state index in [1.807, 2.05) is 46.9 Å². The van der Waals surface area contributed by atoms with Gasteiger partial charge in [0.15, 0.2) is 11.5 Å². The largest absolute Gasteiger partial charge is 0.325 e. The van der Waals surface area contributed by atoms with E-state index in [0.29, 0.717) is 11.6 Å². The number of aromatic nitrogens is 3. The molecule has 2 N–H and O–H groups in total. The minimum atomic E-state index is 0.423. The maximum atomic E-state index is 6.20. The maximum absolute atomic E-state index is 6.20. The van der Waals surface area contributed by atoms with Crippen LogP contribution in [0.4, 0.5) is 0 Å². The van der Waals surface area contributed by atoms with E-state index in [4.69, 9.17) is 17.3 Å². The first kappa shape index (κ1) is 11.2. The Labute approximate surface area is 109 Å². The van der Waals surface area contributed by atoms with Crippen molar-refractivity contribution in [3.63, 3.8) is 0 Å². The monoisotopic (exact) mass is 258 g/mol. The topological polar surface area (TPSA) is 56.2 Å². The standard InChI is InChI=1S/C13H11ClN4/c14-11-6-2-1-5-10(11)13-17-16-12-7-3-4-9(8-15)18(12)13/h1-7H,8,15H2. The van der Waals surface area contributed by atoms with Crippen molar-refractivity contribution in [2.45, 2.75) is 6.54 Å². The number of halogens is 1. The number of pyridine rings is 1. The Bertz CT molecular complexity index is 705. The average Bonchev–Trinajstić information content (AvgIpc) is 2.83. The highest BCUT2D eigenvalue weighted by molar-refractivity contribution is 6.33. The van der Waals surface area contributed by atoms with Crippen LogP contribution in [0.2, 0.25) is 5.02 Å². The molecule has 2 aromatic heterocycles. The molecule has 3 rings (SSSR count). The molecule has 3 aromatic rings. The lowest BCUT2D eigenvalue weighted by Crippen LogP contribution is -2.04. The van der Waals surface area contributed by atoms with Crippen molar-refractivity contribution in [1.29, 1.82) is 0 Å². The first-order valence-electron chi connectivity index (χ1n) is 5.59. The molecule has 90 valence electrons. The van der Waals surface area contributed by atoms with Crippen molar-refractivity contribution in [1.82, 2.24) is 14.6 Å². The molecule has 0 aliphatic rings. The van der Waals surface area contributed by atoms with Gasteiger partial charge in [0.25, 0.3) is 0 Å². The highest BCUT2D eigenvalue weighted by atomic mass is 35.5. The van der Waals surface area contributed by atoms with Crippen LogP contribution in [-0.4, -0.2) is 14.6 Å². The molecule has 0 aliphatic heterocycles. The average molecular weight is 259 g/mol. The normalized spacial score (nSPS) is 11.0. The van der Waals surface area contributed by atoms with E-state index in [9.17, 15) is 0 Å². The van der Waals surface area contributed by atoms with Crippen LogP contribution in [0.3, 0.4) is 0 Å². The molecule has 0 radical (unpaired) electrons. The third kappa shape index (κ3) is 1.66.